The molecule has 0 aliphatic rings. The smallest absolute Gasteiger partial charge is 0.248 e. The van der Waals surface area contributed by atoms with Gasteiger partial charge in [-0.15, -0.1) is 0 Å². The Kier molecular flexibility index (Phi) is 6.37. The van der Waals surface area contributed by atoms with Crippen molar-refractivity contribution in [2.24, 2.45) is 0 Å². The fourth-order valence-electron chi connectivity index (χ4n) is 2.09. The Morgan fingerprint density at radius 3 is 2.54 bits per heavy atom. The molecule has 0 atom stereocenters. The summed E-state index contributed by atoms with van der Waals surface area (Å²) in [6.07, 6.45) is 3.04. The van der Waals surface area contributed by atoms with Gasteiger partial charge in [-0.05, 0) is 55.8 Å². The van der Waals surface area contributed by atoms with E-state index in [1.54, 1.807) is 24.3 Å². The SMILES string of the molecule is CCOc1ccc(/C=C/C(=O)Nc2cccc(F)c2)cc1OCC. The molecule has 0 aliphatic carbocycles. The fraction of sp³-hybridized carbons (Fsp3) is 0.211. The molecule has 0 bridgehead atoms. The van der Waals surface area contributed by atoms with E-state index in [2.05, 4.69) is 5.32 Å². The van der Waals surface area contributed by atoms with Crippen molar-refractivity contribution in [3.05, 3.63) is 59.9 Å². The van der Waals surface area contributed by atoms with Crippen molar-refractivity contribution in [1.29, 1.82) is 0 Å². The molecular weight excluding hydrogens is 309 g/mol. The average molecular weight is 329 g/mol. The van der Waals surface area contributed by atoms with E-state index >= 15 is 0 Å². The quantitative estimate of drug-likeness (QED) is 0.772. The lowest BCUT2D eigenvalue weighted by Crippen LogP contribution is -2.07. The van der Waals surface area contributed by atoms with Gasteiger partial charge in [-0.3, -0.25) is 4.79 Å². The summed E-state index contributed by atoms with van der Waals surface area (Å²) < 4.78 is 24.1. The first-order valence-corrected chi connectivity index (χ1v) is 7.76. The molecule has 2 rings (SSSR count). The topological polar surface area (TPSA) is 47.6 Å². The molecule has 0 heterocycles. The summed E-state index contributed by atoms with van der Waals surface area (Å²) >= 11 is 0. The molecule has 0 saturated carbocycles. The molecule has 0 aromatic heterocycles. The van der Waals surface area contributed by atoms with Crippen LogP contribution in [0.1, 0.15) is 19.4 Å². The van der Waals surface area contributed by atoms with Crippen molar-refractivity contribution in [3.63, 3.8) is 0 Å². The number of carbonyl (C=O) groups excluding carboxylic acids is 1. The van der Waals surface area contributed by atoms with Crippen LogP contribution >= 0.6 is 0 Å². The fourth-order valence-corrected chi connectivity index (χ4v) is 2.09. The highest BCUT2D eigenvalue weighted by Gasteiger charge is 2.05. The van der Waals surface area contributed by atoms with E-state index in [4.69, 9.17) is 9.47 Å². The van der Waals surface area contributed by atoms with Crippen LogP contribution in [0.2, 0.25) is 0 Å². The number of amides is 1. The molecule has 1 N–H and O–H groups in total. The maximum atomic E-state index is 13.1. The van der Waals surface area contributed by atoms with Gasteiger partial charge in [0.05, 0.1) is 13.2 Å². The van der Waals surface area contributed by atoms with Gasteiger partial charge in [0.2, 0.25) is 5.91 Å². The minimum absolute atomic E-state index is 0.340. The number of hydrogen-bond donors (Lipinski definition) is 1. The molecular formula is C19H20FNO3. The maximum Gasteiger partial charge on any atom is 0.248 e. The van der Waals surface area contributed by atoms with Crippen molar-refractivity contribution < 1.29 is 18.7 Å². The monoisotopic (exact) mass is 329 g/mol. The third-order valence-corrected chi connectivity index (χ3v) is 3.09. The molecule has 0 fully saturated rings. The van der Waals surface area contributed by atoms with Gasteiger partial charge < -0.3 is 14.8 Å². The Hall–Kier alpha value is -2.82. The van der Waals surface area contributed by atoms with Crippen LogP contribution in [-0.4, -0.2) is 19.1 Å². The number of rotatable bonds is 7. The molecule has 2 aromatic carbocycles. The van der Waals surface area contributed by atoms with E-state index in [0.717, 1.165) is 5.56 Å². The average Bonchev–Trinajstić information content (AvgIpc) is 2.55. The zero-order valence-corrected chi connectivity index (χ0v) is 13.7. The van der Waals surface area contributed by atoms with Gasteiger partial charge in [-0.25, -0.2) is 4.39 Å². The molecule has 1 amide bonds. The molecule has 4 nitrogen and oxygen atoms in total. The first-order chi connectivity index (χ1) is 11.6. The van der Waals surface area contributed by atoms with E-state index in [-0.39, 0.29) is 5.91 Å². The van der Waals surface area contributed by atoms with Gasteiger partial charge in [0.25, 0.3) is 0 Å². The Morgan fingerprint density at radius 2 is 1.83 bits per heavy atom. The second kappa shape index (κ2) is 8.72. The third-order valence-electron chi connectivity index (χ3n) is 3.09. The summed E-state index contributed by atoms with van der Waals surface area (Å²) in [6, 6.07) is 11.2. The van der Waals surface area contributed by atoms with Crippen molar-refractivity contribution in [2.45, 2.75) is 13.8 Å². The molecule has 0 unspecified atom stereocenters. The summed E-state index contributed by atoms with van der Waals surface area (Å²) in [4.78, 5) is 11.9. The summed E-state index contributed by atoms with van der Waals surface area (Å²) in [5.41, 5.74) is 1.21. The van der Waals surface area contributed by atoms with Crippen molar-refractivity contribution in [1.82, 2.24) is 0 Å². The lowest BCUT2D eigenvalue weighted by atomic mass is 10.2. The molecule has 2 aromatic rings. The van der Waals surface area contributed by atoms with Gasteiger partial charge in [-0.2, -0.15) is 0 Å². The van der Waals surface area contributed by atoms with Crippen molar-refractivity contribution in [2.75, 3.05) is 18.5 Å². The normalized spacial score (nSPS) is 10.6. The zero-order valence-electron chi connectivity index (χ0n) is 13.7. The lowest BCUT2D eigenvalue weighted by Gasteiger charge is -2.11. The van der Waals surface area contributed by atoms with Crippen molar-refractivity contribution >= 4 is 17.7 Å². The molecule has 126 valence electrons. The Balaban J connectivity index is 2.07. The highest BCUT2D eigenvalue weighted by molar-refractivity contribution is 6.01. The van der Waals surface area contributed by atoms with Crippen LogP contribution in [0.15, 0.2) is 48.5 Å². The van der Waals surface area contributed by atoms with E-state index < -0.39 is 5.82 Å². The summed E-state index contributed by atoms with van der Waals surface area (Å²) in [5.74, 6) is 0.560. The first-order valence-electron chi connectivity index (χ1n) is 7.76. The van der Waals surface area contributed by atoms with Crippen LogP contribution in [-0.2, 0) is 4.79 Å². The van der Waals surface area contributed by atoms with Crippen LogP contribution in [0.5, 0.6) is 11.5 Å². The number of anilines is 1. The molecule has 24 heavy (non-hydrogen) atoms. The van der Waals surface area contributed by atoms with Gasteiger partial charge in [0, 0.05) is 11.8 Å². The van der Waals surface area contributed by atoms with Crippen LogP contribution in [0, 0.1) is 5.82 Å². The van der Waals surface area contributed by atoms with E-state index in [1.807, 2.05) is 19.9 Å². The van der Waals surface area contributed by atoms with Gasteiger partial charge in [-0.1, -0.05) is 12.1 Å². The number of benzene rings is 2. The lowest BCUT2D eigenvalue weighted by molar-refractivity contribution is -0.111. The summed E-state index contributed by atoms with van der Waals surface area (Å²) in [7, 11) is 0. The molecule has 0 spiro atoms. The van der Waals surface area contributed by atoms with Gasteiger partial charge in [0.1, 0.15) is 5.82 Å². The largest absolute Gasteiger partial charge is 0.490 e. The summed E-state index contributed by atoms with van der Waals surface area (Å²) in [6.45, 7) is 4.86. The van der Waals surface area contributed by atoms with Gasteiger partial charge >= 0.3 is 0 Å². The molecule has 0 radical (unpaired) electrons. The first kappa shape index (κ1) is 17.5. The zero-order chi connectivity index (χ0) is 17.4. The number of carbonyl (C=O) groups is 1. The third kappa shape index (κ3) is 5.12. The van der Waals surface area contributed by atoms with Crippen LogP contribution in [0.25, 0.3) is 6.08 Å². The second-order valence-electron chi connectivity index (χ2n) is 4.91. The minimum Gasteiger partial charge on any atom is -0.490 e. The van der Waals surface area contributed by atoms with Crippen LogP contribution in [0.4, 0.5) is 10.1 Å². The van der Waals surface area contributed by atoms with Crippen LogP contribution in [0.3, 0.4) is 0 Å². The molecule has 0 aliphatic heterocycles. The molecule has 0 saturated heterocycles. The standard InChI is InChI=1S/C19H20FNO3/c1-3-23-17-10-8-14(12-18(17)24-4-2)9-11-19(22)21-16-7-5-6-15(20)13-16/h5-13H,3-4H2,1-2H3,(H,21,22)/b11-9+. The number of hydrogen-bond acceptors (Lipinski definition) is 3. The van der Waals surface area contributed by atoms with E-state index in [9.17, 15) is 9.18 Å². The predicted molar refractivity (Wildman–Crippen MR) is 92.8 cm³/mol. The maximum absolute atomic E-state index is 13.1. The Labute approximate surface area is 140 Å². The highest BCUT2D eigenvalue weighted by Crippen LogP contribution is 2.29. The number of nitrogens with one attached hydrogen (secondary N) is 1. The molecule has 5 heteroatoms. The predicted octanol–water partition coefficient (Wildman–Crippen LogP) is 4.28. The van der Waals surface area contributed by atoms with E-state index in [0.29, 0.717) is 30.4 Å². The Bertz CT molecular complexity index is 728. The highest BCUT2D eigenvalue weighted by atomic mass is 19.1. The second-order valence-corrected chi connectivity index (χ2v) is 4.91. The van der Waals surface area contributed by atoms with Crippen molar-refractivity contribution in [3.8, 4) is 11.5 Å². The van der Waals surface area contributed by atoms with Gasteiger partial charge in [0.15, 0.2) is 11.5 Å². The minimum atomic E-state index is -0.398. The Morgan fingerprint density at radius 1 is 1.08 bits per heavy atom. The van der Waals surface area contributed by atoms with Crippen LogP contribution < -0.4 is 14.8 Å². The van der Waals surface area contributed by atoms with E-state index in [1.165, 1.54) is 24.3 Å². The number of halogens is 1. The number of ether oxygens (including phenoxy) is 2. The summed E-state index contributed by atoms with van der Waals surface area (Å²) in [5, 5.41) is 2.60.